The number of carbonyl (C=O) groups excluding carboxylic acids is 1. The molecule has 1 N–H and O–H groups in total. The molecule has 0 aromatic rings. The Hall–Kier alpha value is -1.09. The highest BCUT2D eigenvalue weighted by atomic mass is 16.6. The summed E-state index contributed by atoms with van der Waals surface area (Å²) in [5, 5.41) is 11.1. The lowest BCUT2D eigenvalue weighted by atomic mass is 9.45. The third kappa shape index (κ3) is 1.95. The lowest BCUT2D eigenvalue weighted by Crippen LogP contribution is -2.56. The number of carbonyl (C=O) groups is 1. The average Bonchev–Trinajstić information content (AvgIpc) is 2.74. The molecule has 3 heteroatoms. The number of fused-ring (bicyclic) bond motifs is 4. The van der Waals surface area contributed by atoms with Gasteiger partial charge >= 0.3 is 5.97 Å². The molecule has 4 rings (SSSR count). The van der Waals surface area contributed by atoms with E-state index in [2.05, 4.69) is 26.8 Å². The molecule has 0 aromatic heterocycles. The maximum atomic E-state index is 11.9. The zero-order valence-electron chi connectivity index (χ0n) is 14.7. The lowest BCUT2D eigenvalue weighted by Gasteiger charge is -2.60. The van der Waals surface area contributed by atoms with E-state index in [0.29, 0.717) is 16.9 Å². The van der Waals surface area contributed by atoms with E-state index in [0.717, 1.165) is 12.0 Å². The second-order valence-electron chi connectivity index (χ2n) is 9.03. The van der Waals surface area contributed by atoms with Crippen LogP contribution in [0.2, 0.25) is 0 Å². The van der Waals surface area contributed by atoms with E-state index < -0.39 is 12.2 Å². The molecule has 0 spiro atoms. The van der Waals surface area contributed by atoms with E-state index >= 15 is 0 Å². The molecular weight excluding hydrogens is 288 g/mol. The number of aliphatic hydroxyl groups is 1. The number of esters is 1. The van der Waals surface area contributed by atoms with Crippen molar-refractivity contribution >= 4 is 5.97 Å². The molecule has 0 aromatic carbocycles. The summed E-state index contributed by atoms with van der Waals surface area (Å²) >= 11 is 0. The first kappa shape index (κ1) is 15.4. The van der Waals surface area contributed by atoms with Gasteiger partial charge in [-0.25, -0.2) is 4.79 Å². The first-order valence-electron chi connectivity index (χ1n) is 9.06. The Morgan fingerprint density at radius 2 is 2.00 bits per heavy atom. The summed E-state index contributed by atoms with van der Waals surface area (Å²) in [5.41, 5.74) is 3.39. The van der Waals surface area contributed by atoms with Gasteiger partial charge in [0.2, 0.25) is 0 Å². The van der Waals surface area contributed by atoms with Crippen LogP contribution < -0.4 is 0 Å². The van der Waals surface area contributed by atoms with Gasteiger partial charge in [0.15, 0.2) is 6.10 Å². The van der Waals surface area contributed by atoms with Gasteiger partial charge in [-0.15, -0.1) is 0 Å². The fourth-order valence-electron chi connectivity index (χ4n) is 6.34. The lowest BCUT2D eigenvalue weighted by molar-refractivity contribution is -0.152. The highest BCUT2D eigenvalue weighted by Gasteiger charge is 2.58. The third-order valence-electron chi connectivity index (χ3n) is 7.38. The van der Waals surface area contributed by atoms with E-state index in [4.69, 9.17) is 4.74 Å². The first-order valence-corrected chi connectivity index (χ1v) is 9.06. The van der Waals surface area contributed by atoms with E-state index in [9.17, 15) is 9.90 Å². The predicted molar refractivity (Wildman–Crippen MR) is 88.6 cm³/mol. The van der Waals surface area contributed by atoms with Gasteiger partial charge in [0, 0.05) is 17.1 Å². The second kappa shape index (κ2) is 4.72. The van der Waals surface area contributed by atoms with Crippen molar-refractivity contribution in [2.75, 3.05) is 0 Å². The average molecular weight is 316 g/mol. The van der Waals surface area contributed by atoms with Crippen LogP contribution in [0.25, 0.3) is 0 Å². The van der Waals surface area contributed by atoms with Gasteiger partial charge in [-0.2, -0.15) is 0 Å². The van der Waals surface area contributed by atoms with Crippen LogP contribution in [0.1, 0.15) is 59.8 Å². The van der Waals surface area contributed by atoms with E-state index in [-0.39, 0.29) is 17.3 Å². The van der Waals surface area contributed by atoms with Gasteiger partial charge in [0.1, 0.15) is 6.10 Å². The topological polar surface area (TPSA) is 46.5 Å². The minimum Gasteiger partial charge on any atom is -0.451 e. The van der Waals surface area contributed by atoms with Gasteiger partial charge in [0.05, 0.1) is 0 Å². The maximum Gasteiger partial charge on any atom is 0.334 e. The maximum absolute atomic E-state index is 11.9. The summed E-state index contributed by atoms with van der Waals surface area (Å²) < 4.78 is 5.51. The summed E-state index contributed by atoms with van der Waals surface area (Å²) in [6, 6.07) is 0. The molecule has 2 saturated carbocycles. The quantitative estimate of drug-likeness (QED) is 0.692. The fraction of sp³-hybridized carbons (Fsp3) is 0.750. The molecule has 2 fully saturated rings. The second-order valence-corrected chi connectivity index (χ2v) is 9.03. The Morgan fingerprint density at radius 1 is 1.26 bits per heavy atom. The number of ether oxygens (including phenoxy) is 1. The highest BCUT2D eigenvalue weighted by Crippen LogP contribution is 2.63. The minimum atomic E-state index is -0.590. The predicted octanol–water partition coefficient (Wildman–Crippen LogP) is 3.77. The first-order chi connectivity index (χ1) is 10.8. The zero-order valence-corrected chi connectivity index (χ0v) is 14.7. The summed E-state index contributed by atoms with van der Waals surface area (Å²) in [4.78, 5) is 11.9. The van der Waals surface area contributed by atoms with Crippen molar-refractivity contribution in [3.05, 3.63) is 22.8 Å². The van der Waals surface area contributed by atoms with Crippen molar-refractivity contribution in [1.82, 2.24) is 0 Å². The smallest absolute Gasteiger partial charge is 0.334 e. The third-order valence-corrected chi connectivity index (χ3v) is 7.38. The SMILES string of the molecule is CC1=C2C=C3CC[C@@H]4C(C)(C)CCC[C@@]4(C)[C@@H]3[C@H](O)[C@H]2OC1=O. The molecule has 126 valence electrons. The number of hydrogen-bond donors (Lipinski definition) is 1. The summed E-state index contributed by atoms with van der Waals surface area (Å²) in [7, 11) is 0. The summed E-state index contributed by atoms with van der Waals surface area (Å²) in [5.74, 6) is 0.503. The molecule has 5 atom stereocenters. The summed E-state index contributed by atoms with van der Waals surface area (Å²) in [6.07, 6.45) is 7.06. The van der Waals surface area contributed by atoms with Crippen LogP contribution in [0.5, 0.6) is 0 Å². The van der Waals surface area contributed by atoms with Crippen LogP contribution >= 0.6 is 0 Å². The van der Waals surface area contributed by atoms with Crippen molar-refractivity contribution in [1.29, 1.82) is 0 Å². The van der Waals surface area contributed by atoms with Crippen LogP contribution in [-0.2, 0) is 9.53 Å². The van der Waals surface area contributed by atoms with Gasteiger partial charge < -0.3 is 9.84 Å². The van der Waals surface area contributed by atoms with Crippen LogP contribution in [0.4, 0.5) is 0 Å². The molecule has 3 nitrogen and oxygen atoms in total. The Labute approximate surface area is 138 Å². The van der Waals surface area contributed by atoms with Gasteiger partial charge in [-0.05, 0) is 49.4 Å². The van der Waals surface area contributed by atoms with Gasteiger partial charge in [-0.1, -0.05) is 38.8 Å². The van der Waals surface area contributed by atoms with Crippen LogP contribution in [0.3, 0.4) is 0 Å². The van der Waals surface area contributed by atoms with Gasteiger partial charge in [0.25, 0.3) is 0 Å². The molecule has 0 radical (unpaired) electrons. The molecule has 1 heterocycles. The Balaban J connectivity index is 1.79. The molecule has 0 saturated heterocycles. The molecule has 4 aliphatic rings. The van der Waals surface area contributed by atoms with Crippen molar-refractivity contribution in [3.63, 3.8) is 0 Å². The van der Waals surface area contributed by atoms with Crippen molar-refractivity contribution in [2.24, 2.45) is 22.7 Å². The minimum absolute atomic E-state index is 0.111. The Kier molecular flexibility index (Phi) is 3.17. The van der Waals surface area contributed by atoms with Gasteiger partial charge in [-0.3, -0.25) is 0 Å². The number of hydrogen-bond acceptors (Lipinski definition) is 3. The van der Waals surface area contributed by atoms with Crippen LogP contribution in [-0.4, -0.2) is 23.3 Å². The molecule has 0 unspecified atom stereocenters. The molecular formula is C20H28O3. The molecule has 1 aliphatic heterocycles. The molecule has 23 heavy (non-hydrogen) atoms. The number of aliphatic hydroxyl groups excluding tert-OH is 1. The van der Waals surface area contributed by atoms with Crippen LogP contribution in [0, 0.1) is 22.7 Å². The molecule has 3 aliphatic carbocycles. The highest BCUT2D eigenvalue weighted by molar-refractivity contribution is 5.92. The van der Waals surface area contributed by atoms with Crippen molar-refractivity contribution in [3.8, 4) is 0 Å². The van der Waals surface area contributed by atoms with E-state index in [1.54, 1.807) is 0 Å². The van der Waals surface area contributed by atoms with E-state index in [1.165, 1.54) is 31.3 Å². The normalized spacial score (nSPS) is 44.9. The Bertz CT molecular complexity index is 627. The van der Waals surface area contributed by atoms with Crippen molar-refractivity contribution < 1.29 is 14.6 Å². The standard InChI is InChI=1S/C20H28O3/c1-11-13-10-12-6-7-14-19(2,3)8-5-9-20(14,4)15(12)16(21)17(13)23-18(11)22/h10,14-17,21H,5-9H2,1-4H3/t14-,15+,16+,17+,20-/m1/s1. The monoisotopic (exact) mass is 316 g/mol. The summed E-state index contributed by atoms with van der Waals surface area (Å²) in [6.45, 7) is 8.98. The van der Waals surface area contributed by atoms with E-state index in [1.807, 2.05) is 6.92 Å². The molecule has 0 amide bonds. The number of rotatable bonds is 0. The fourth-order valence-corrected chi connectivity index (χ4v) is 6.34. The Morgan fingerprint density at radius 3 is 2.74 bits per heavy atom. The molecule has 0 bridgehead atoms. The van der Waals surface area contributed by atoms with Crippen molar-refractivity contribution in [2.45, 2.75) is 72.0 Å². The largest absolute Gasteiger partial charge is 0.451 e. The zero-order chi connectivity index (χ0) is 16.6. The van der Waals surface area contributed by atoms with Crippen LogP contribution in [0.15, 0.2) is 22.8 Å².